The maximum Gasteiger partial charge on any atom is 0.150 e. The van der Waals surface area contributed by atoms with Gasteiger partial charge in [-0.1, -0.05) is 23.7 Å². The van der Waals surface area contributed by atoms with Crippen molar-refractivity contribution >= 4 is 30.2 Å². The van der Waals surface area contributed by atoms with Gasteiger partial charge in [0.15, 0.2) is 6.29 Å². The van der Waals surface area contributed by atoms with Crippen LogP contribution in [0.5, 0.6) is 0 Å². The Morgan fingerprint density at radius 2 is 2.00 bits per heavy atom. The van der Waals surface area contributed by atoms with E-state index in [9.17, 15) is 9.59 Å². The predicted octanol–water partition coefficient (Wildman–Crippen LogP) is 2.36. The zero-order valence-corrected chi connectivity index (χ0v) is 7.49. The van der Waals surface area contributed by atoms with Gasteiger partial charge >= 0.3 is 0 Å². The van der Waals surface area contributed by atoms with Crippen molar-refractivity contribution in [2.45, 2.75) is 0 Å². The van der Waals surface area contributed by atoms with E-state index in [0.717, 1.165) is 0 Å². The van der Waals surface area contributed by atoms with Crippen molar-refractivity contribution in [3.05, 3.63) is 40.4 Å². The Kier molecular flexibility index (Phi) is 3.41. The Balaban J connectivity index is 3.22. The third-order valence-electron chi connectivity index (χ3n) is 1.56. The van der Waals surface area contributed by atoms with Crippen molar-refractivity contribution in [3.63, 3.8) is 0 Å². The summed E-state index contributed by atoms with van der Waals surface area (Å²) in [6.45, 7) is 0. The number of carbonyl (C=O) groups is 2. The third kappa shape index (κ3) is 2.26. The summed E-state index contributed by atoms with van der Waals surface area (Å²) in [5.41, 5.74) is 1.05. The van der Waals surface area contributed by atoms with Crippen LogP contribution in [0.25, 0.3) is 6.08 Å². The normalized spacial score (nSPS) is 10.2. The van der Waals surface area contributed by atoms with E-state index in [0.29, 0.717) is 28.7 Å². The van der Waals surface area contributed by atoms with Gasteiger partial charge in [-0.05, 0) is 18.2 Å². The molecule has 2 nitrogen and oxygen atoms in total. The van der Waals surface area contributed by atoms with Gasteiger partial charge in [0.1, 0.15) is 6.29 Å². The molecule has 0 N–H and O–H groups in total. The highest BCUT2D eigenvalue weighted by Crippen LogP contribution is 2.20. The molecule has 66 valence electrons. The molecule has 3 heteroatoms. The summed E-state index contributed by atoms with van der Waals surface area (Å²) in [5, 5.41) is 0.461. The van der Waals surface area contributed by atoms with Crippen molar-refractivity contribution in [3.8, 4) is 0 Å². The molecule has 0 fully saturated rings. The molecule has 0 atom stereocenters. The van der Waals surface area contributed by atoms with Gasteiger partial charge in [-0.25, -0.2) is 0 Å². The third-order valence-corrected chi connectivity index (χ3v) is 1.88. The number of benzene rings is 1. The number of aldehydes is 2. The van der Waals surface area contributed by atoms with Gasteiger partial charge < -0.3 is 0 Å². The molecule has 0 aliphatic heterocycles. The van der Waals surface area contributed by atoms with E-state index in [-0.39, 0.29) is 0 Å². The zero-order valence-electron chi connectivity index (χ0n) is 6.74. The summed E-state index contributed by atoms with van der Waals surface area (Å²) in [4.78, 5) is 20.6. The molecule has 0 bridgehead atoms. The van der Waals surface area contributed by atoms with Gasteiger partial charge in [-0.3, -0.25) is 9.59 Å². The molecule has 0 aromatic heterocycles. The predicted molar refractivity (Wildman–Crippen MR) is 51.9 cm³/mol. The molecule has 0 unspecified atom stereocenters. The second-order valence-corrected chi connectivity index (χ2v) is 2.76. The summed E-state index contributed by atoms with van der Waals surface area (Å²) in [7, 11) is 0. The first kappa shape index (κ1) is 9.68. The van der Waals surface area contributed by atoms with Crippen LogP contribution >= 0.6 is 11.6 Å². The first-order valence-corrected chi connectivity index (χ1v) is 4.03. The van der Waals surface area contributed by atoms with Gasteiger partial charge in [0.05, 0.1) is 0 Å². The Labute approximate surface area is 80.8 Å². The summed E-state index contributed by atoms with van der Waals surface area (Å²) >= 11 is 5.82. The van der Waals surface area contributed by atoms with E-state index in [4.69, 9.17) is 11.6 Å². The highest BCUT2D eigenvalue weighted by molar-refractivity contribution is 6.32. The Hall–Kier alpha value is -1.41. The van der Waals surface area contributed by atoms with Crippen LogP contribution in [0.3, 0.4) is 0 Å². The van der Waals surface area contributed by atoms with Crippen molar-refractivity contribution in [1.82, 2.24) is 0 Å². The van der Waals surface area contributed by atoms with Crippen LogP contribution in [0.2, 0.25) is 5.02 Å². The van der Waals surface area contributed by atoms with Crippen molar-refractivity contribution in [2.75, 3.05) is 0 Å². The summed E-state index contributed by atoms with van der Waals surface area (Å²) in [5.74, 6) is 0. The van der Waals surface area contributed by atoms with E-state index in [1.54, 1.807) is 18.2 Å². The zero-order chi connectivity index (χ0) is 9.68. The number of halogens is 1. The fraction of sp³-hybridized carbons (Fsp3) is 0. The van der Waals surface area contributed by atoms with E-state index >= 15 is 0 Å². The van der Waals surface area contributed by atoms with Crippen molar-refractivity contribution in [2.24, 2.45) is 0 Å². The minimum Gasteiger partial charge on any atom is -0.299 e. The second kappa shape index (κ2) is 4.58. The van der Waals surface area contributed by atoms with Crippen molar-refractivity contribution in [1.29, 1.82) is 0 Å². The lowest BCUT2D eigenvalue weighted by Gasteiger charge is -1.99. The van der Waals surface area contributed by atoms with Gasteiger partial charge in [0.25, 0.3) is 0 Å². The average molecular weight is 195 g/mol. The topological polar surface area (TPSA) is 34.1 Å². The molecule has 0 aliphatic carbocycles. The number of allylic oxidation sites excluding steroid dienone is 1. The summed E-state index contributed by atoms with van der Waals surface area (Å²) in [6, 6.07) is 4.99. The van der Waals surface area contributed by atoms with Gasteiger partial charge in [0, 0.05) is 16.1 Å². The Morgan fingerprint density at radius 3 is 2.62 bits per heavy atom. The van der Waals surface area contributed by atoms with Crippen LogP contribution in [0.15, 0.2) is 24.3 Å². The monoisotopic (exact) mass is 194 g/mol. The first-order valence-electron chi connectivity index (χ1n) is 3.65. The fourth-order valence-electron chi connectivity index (χ4n) is 0.968. The summed E-state index contributed by atoms with van der Waals surface area (Å²) in [6.07, 6.45) is 4.15. The van der Waals surface area contributed by atoms with E-state index in [1.165, 1.54) is 12.2 Å². The molecular weight excluding hydrogens is 188 g/mol. The maximum absolute atomic E-state index is 10.6. The molecule has 0 saturated carbocycles. The molecule has 13 heavy (non-hydrogen) atoms. The quantitative estimate of drug-likeness (QED) is 0.547. The SMILES string of the molecule is O=C/C=C/c1c(Cl)cccc1C=O. The molecule has 0 radical (unpaired) electrons. The molecule has 0 saturated heterocycles. The second-order valence-electron chi connectivity index (χ2n) is 2.36. The number of carbonyl (C=O) groups excluding carboxylic acids is 2. The standard InChI is InChI=1S/C10H7ClO2/c11-10-5-1-3-8(7-13)9(10)4-2-6-12/h1-7H/b4-2+. The largest absolute Gasteiger partial charge is 0.299 e. The minimum atomic E-state index is 0.461. The van der Waals surface area contributed by atoms with E-state index in [1.807, 2.05) is 0 Å². The molecule has 1 aromatic rings. The highest BCUT2D eigenvalue weighted by Gasteiger charge is 2.01. The van der Waals surface area contributed by atoms with Gasteiger partial charge in [-0.15, -0.1) is 0 Å². The molecule has 0 spiro atoms. The van der Waals surface area contributed by atoms with E-state index in [2.05, 4.69) is 0 Å². The number of rotatable bonds is 3. The Bertz CT molecular complexity index is 356. The minimum absolute atomic E-state index is 0.461. The highest BCUT2D eigenvalue weighted by atomic mass is 35.5. The molecule has 0 amide bonds. The molecular formula is C10H7ClO2. The van der Waals surface area contributed by atoms with Crippen LogP contribution in [0.1, 0.15) is 15.9 Å². The molecule has 1 rings (SSSR count). The van der Waals surface area contributed by atoms with Crippen LogP contribution in [-0.2, 0) is 4.79 Å². The van der Waals surface area contributed by atoms with Crippen molar-refractivity contribution < 1.29 is 9.59 Å². The van der Waals surface area contributed by atoms with Gasteiger partial charge in [0.2, 0.25) is 0 Å². The molecule has 1 aromatic carbocycles. The van der Waals surface area contributed by atoms with Crippen LogP contribution < -0.4 is 0 Å². The smallest absolute Gasteiger partial charge is 0.150 e. The lowest BCUT2D eigenvalue weighted by atomic mass is 10.1. The summed E-state index contributed by atoms with van der Waals surface area (Å²) < 4.78 is 0. The average Bonchev–Trinajstić information content (AvgIpc) is 2.15. The fourth-order valence-corrected chi connectivity index (χ4v) is 1.21. The maximum atomic E-state index is 10.6. The van der Waals surface area contributed by atoms with Crippen LogP contribution in [0.4, 0.5) is 0 Å². The number of hydrogen-bond donors (Lipinski definition) is 0. The van der Waals surface area contributed by atoms with Gasteiger partial charge in [-0.2, -0.15) is 0 Å². The molecule has 0 aliphatic rings. The Morgan fingerprint density at radius 1 is 1.23 bits per heavy atom. The lowest BCUT2D eigenvalue weighted by molar-refractivity contribution is -0.104. The van der Waals surface area contributed by atoms with E-state index < -0.39 is 0 Å². The number of hydrogen-bond acceptors (Lipinski definition) is 2. The van der Waals surface area contributed by atoms with Crippen LogP contribution in [0, 0.1) is 0 Å². The van der Waals surface area contributed by atoms with Crippen LogP contribution in [-0.4, -0.2) is 12.6 Å². The molecule has 0 heterocycles. The lowest BCUT2D eigenvalue weighted by Crippen LogP contribution is -1.86. The first-order chi connectivity index (χ1) is 6.29.